The largest absolute Gasteiger partial charge is 0.354 e. The average molecular weight is 507 g/mol. The van der Waals surface area contributed by atoms with Gasteiger partial charge in [-0.05, 0) is 67.3 Å². The van der Waals surface area contributed by atoms with Crippen LogP contribution in [0.4, 0.5) is 11.5 Å². The van der Waals surface area contributed by atoms with Gasteiger partial charge in [0.2, 0.25) is 17.7 Å². The topological polar surface area (TPSA) is 108 Å². The SMILES string of the molecule is CC(=O)N[C@@H](CC(C)C)C(=O)N1CCC(c2ccc(NC(=O)C3CCN(c4cccnn4)C3)cc2)CC1. The third kappa shape index (κ3) is 7.05. The number of hydrogen-bond acceptors (Lipinski definition) is 6. The van der Waals surface area contributed by atoms with Crippen LogP contribution in [0.25, 0.3) is 0 Å². The highest BCUT2D eigenvalue weighted by Gasteiger charge is 2.31. The van der Waals surface area contributed by atoms with Crippen molar-refractivity contribution in [3.05, 3.63) is 48.2 Å². The highest BCUT2D eigenvalue weighted by molar-refractivity contribution is 5.93. The maximum absolute atomic E-state index is 13.0. The van der Waals surface area contributed by atoms with E-state index in [9.17, 15) is 14.4 Å². The van der Waals surface area contributed by atoms with Crippen LogP contribution in [0.15, 0.2) is 42.6 Å². The number of hydrogen-bond donors (Lipinski definition) is 2. The van der Waals surface area contributed by atoms with Gasteiger partial charge in [0.25, 0.3) is 0 Å². The molecule has 9 heteroatoms. The highest BCUT2D eigenvalue weighted by atomic mass is 16.2. The summed E-state index contributed by atoms with van der Waals surface area (Å²) in [4.78, 5) is 41.4. The van der Waals surface area contributed by atoms with Crippen LogP contribution in [0.3, 0.4) is 0 Å². The molecule has 2 atom stereocenters. The van der Waals surface area contributed by atoms with Gasteiger partial charge in [-0.2, -0.15) is 5.10 Å². The molecule has 0 spiro atoms. The number of benzene rings is 1. The van der Waals surface area contributed by atoms with Gasteiger partial charge in [-0.15, -0.1) is 5.10 Å². The number of rotatable bonds is 8. The minimum Gasteiger partial charge on any atom is -0.354 e. The first-order valence-corrected chi connectivity index (χ1v) is 13.3. The molecule has 198 valence electrons. The van der Waals surface area contributed by atoms with Crippen molar-refractivity contribution < 1.29 is 14.4 Å². The lowest BCUT2D eigenvalue weighted by atomic mass is 9.89. The Kier molecular flexibility index (Phi) is 8.74. The lowest BCUT2D eigenvalue weighted by molar-refractivity contribution is -0.137. The van der Waals surface area contributed by atoms with Crippen LogP contribution in [0.1, 0.15) is 57.9 Å². The van der Waals surface area contributed by atoms with E-state index in [0.29, 0.717) is 37.9 Å². The predicted octanol–water partition coefficient (Wildman–Crippen LogP) is 3.20. The van der Waals surface area contributed by atoms with Crippen LogP contribution in [0.2, 0.25) is 0 Å². The van der Waals surface area contributed by atoms with Crippen molar-refractivity contribution in [1.82, 2.24) is 20.4 Å². The fourth-order valence-corrected chi connectivity index (χ4v) is 5.32. The Labute approximate surface area is 219 Å². The molecular formula is C28H38N6O3. The van der Waals surface area contributed by atoms with Gasteiger partial charge >= 0.3 is 0 Å². The first kappa shape index (κ1) is 26.6. The molecule has 2 fully saturated rings. The van der Waals surface area contributed by atoms with Crippen molar-refractivity contribution in [3.63, 3.8) is 0 Å². The number of likely N-dealkylation sites (tertiary alicyclic amines) is 1. The van der Waals surface area contributed by atoms with Gasteiger partial charge in [0.15, 0.2) is 5.82 Å². The van der Waals surface area contributed by atoms with Gasteiger partial charge in [-0.1, -0.05) is 26.0 Å². The standard InChI is InChI=1S/C28H38N6O3/c1-19(2)17-25(30-20(3)35)28(37)33-14-10-22(11-15-33)21-6-8-24(9-7-21)31-27(36)23-12-16-34(18-23)26-5-4-13-29-32-26/h4-9,13,19,22-23,25H,10-12,14-18H2,1-3H3,(H,30,35)(H,31,36)/t23?,25-/m0/s1. The maximum atomic E-state index is 13.0. The fraction of sp³-hybridized carbons (Fsp3) is 0.536. The van der Waals surface area contributed by atoms with E-state index in [1.807, 2.05) is 29.2 Å². The van der Waals surface area contributed by atoms with E-state index in [4.69, 9.17) is 0 Å². The summed E-state index contributed by atoms with van der Waals surface area (Å²) in [7, 11) is 0. The molecule has 9 nitrogen and oxygen atoms in total. The van der Waals surface area contributed by atoms with Gasteiger partial charge in [-0.3, -0.25) is 14.4 Å². The van der Waals surface area contributed by atoms with Crippen LogP contribution in [-0.4, -0.2) is 65.0 Å². The van der Waals surface area contributed by atoms with Crippen LogP contribution >= 0.6 is 0 Å². The zero-order chi connectivity index (χ0) is 26.4. The molecule has 37 heavy (non-hydrogen) atoms. The summed E-state index contributed by atoms with van der Waals surface area (Å²) in [5.74, 6) is 1.29. The number of carbonyl (C=O) groups excluding carboxylic acids is 3. The summed E-state index contributed by atoms with van der Waals surface area (Å²) in [6.45, 7) is 8.37. The minimum absolute atomic E-state index is 0.0187. The zero-order valence-electron chi connectivity index (χ0n) is 22.0. The van der Waals surface area contributed by atoms with E-state index < -0.39 is 6.04 Å². The van der Waals surface area contributed by atoms with Crippen molar-refractivity contribution in [2.24, 2.45) is 11.8 Å². The van der Waals surface area contributed by atoms with E-state index >= 15 is 0 Å². The van der Waals surface area contributed by atoms with Crippen molar-refractivity contribution in [3.8, 4) is 0 Å². The Hall–Kier alpha value is -3.49. The summed E-state index contributed by atoms with van der Waals surface area (Å²) in [6, 6.07) is 11.4. The molecular weight excluding hydrogens is 468 g/mol. The van der Waals surface area contributed by atoms with Crippen molar-refractivity contribution in [2.45, 2.75) is 58.4 Å². The van der Waals surface area contributed by atoms with Crippen LogP contribution in [0.5, 0.6) is 0 Å². The number of carbonyl (C=O) groups is 3. The molecule has 1 aromatic heterocycles. The smallest absolute Gasteiger partial charge is 0.245 e. The Bertz CT molecular complexity index is 1070. The second-order valence-electron chi connectivity index (χ2n) is 10.6. The molecule has 2 aliphatic heterocycles. The molecule has 3 heterocycles. The second-order valence-corrected chi connectivity index (χ2v) is 10.6. The summed E-state index contributed by atoms with van der Waals surface area (Å²) < 4.78 is 0. The van der Waals surface area contributed by atoms with Crippen LogP contribution < -0.4 is 15.5 Å². The molecule has 0 saturated carbocycles. The first-order chi connectivity index (χ1) is 17.8. The van der Waals surface area contributed by atoms with E-state index in [1.54, 1.807) is 6.20 Å². The lowest BCUT2D eigenvalue weighted by Crippen LogP contribution is -2.50. The number of aromatic nitrogens is 2. The van der Waals surface area contributed by atoms with E-state index in [0.717, 1.165) is 37.3 Å². The highest BCUT2D eigenvalue weighted by Crippen LogP contribution is 2.30. The molecule has 3 amide bonds. The first-order valence-electron chi connectivity index (χ1n) is 13.3. The fourth-order valence-electron chi connectivity index (χ4n) is 5.32. The Morgan fingerprint density at radius 2 is 1.76 bits per heavy atom. The van der Waals surface area contributed by atoms with Gasteiger partial charge in [0.05, 0.1) is 5.92 Å². The van der Waals surface area contributed by atoms with E-state index in [1.165, 1.54) is 12.5 Å². The Balaban J connectivity index is 1.26. The Morgan fingerprint density at radius 1 is 1.03 bits per heavy atom. The molecule has 0 radical (unpaired) electrons. The van der Waals surface area contributed by atoms with Crippen molar-refractivity contribution in [2.75, 3.05) is 36.4 Å². The molecule has 2 N–H and O–H groups in total. The van der Waals surface area contributed by atoms with Crippen molar-refractivity contribution >= 4 is 29.2 Å². The number of amides is 3. The summed E-state index contributed by atoms with van der Waals surface area (Å²) in [5.41, 5.74) is 2.02. The van der Waals surface area contributed by atoms with Crippen LogP contribution in [0, 0.1) is 11.8 Å². The van der Waals surface area contributed by atoms with Gasteiger partial charge < -0.3 is 20.4 Å². The van der Waals surface area contributed by atoms with Crippen LogP contribution in [-0.2, 0) is 14.4 Å². The monoisotopic (exact) mass is 506 g/mol. The average Bonchev–Trinajstić information content (AvgIpc) is 3.39. The maximum Gasteiger partial charge on any atom is 0.245 e. The second kappa shape index (κ2) is 12.2. The molecule has 2 aromatic rings. The van der Waals surface area contributed by atoms with Crippen molar-refractivity contribution in [1.29, 1.82) is 0 Å². The van der Waals surface area contributed by atoms with Gasteiger partial charge in [-0.25, -0.2) is 0 Å². The Morgan fingerprint density at radius 3 is 2.38 bits per heavy atom. The minimum atomic E-state index is -0.454. The normalized spacial score (nSPS) is 19.1. The predicted molar refractivity (Wildman–Crippen MR) is 143 cm³/mol. The molecule has 4 rings (SSSR count). The quantitative estimate of drug-likeness (QED) is 0.569. The molecule has 2 aliphatic rings. The van der Waals surface area contributed by atoms with Gasteiger partial charge in [0, 0.05) is 45.0 Å². The summed E-state index contributed by atoms with van der Waals surface area (Å²) in [5, 5.41) is 14.0. The zero-order valence-corrected chi connectivity index (χ0v) is 22.0. The van der Waals surface area contributed by atoms with E-state index in [2.05, 4.69) is 51.7 Å². The third-order valence-corrected chi connectivity index (χ3v) is 7.28. The number of nitrogens with one attached hydrogen (secondary N) is 2. The third-order valence-electron chi connectivity index (χ3n) is 7.28. The summed E-state index contributed by atoms with van der Waals surface area (Å²) >= 11 is 0. The van der Waals surface area contributed by atoms with Gasteiger partial charge in [0.1, 0.15) is 6.04 Å². The molecule has 0 bridgehead atoms. The molecule has 1 unspecified atom stereocenters. The number of piperidine rings is 1. The number of nitrogens with zero attached hydrogens (tertiary/aromatic N) is 4. The molecule has 0 aliphatic carbocycles. The van der Waals surface area contributed by atoms with E-state index in [-0.39, 0.29) is 23.6 Å². The summed E-state index contributed by atoms with van der Waals surface area (Å²) in [6.07, 6.45) is 4.84. The number of anilines is 2. The molecule has 2 saturated heterocycles. The lowest BCUT2D eigenvalue weighted by Gasteiger charge is -2.35. The molecule has 1 aromatic carbocycles.